The number of rotatable bonds is 3. The van der Waals surface area contributed by atoms with Gasteiger partial charge < -0.3 is 24.8 Å². The molecule has 0 aliphatic carbocycles. The molecule has 2 aliphatic rings. The van der Waals surface area contributed by atoms with Crippen LogP contribution >= 0.6 is 24.0 Å². The standard InChI is InChI=1S/C20H27N5O2.HI/c1-21-20(22-14-16-13-15-5-2-3-6-17(15)23-16)25-10-8-24(9-11-25)19(26)18-7-4-12-27-18;/h2-3,5-6,13,18,23H,4,7-12,14H2,1H3,(H,21,22);1H. The average Bonchev–Trinajstić information content (AvgIpc) is 3.38. The number of carbonyl (C=O) groups is 1. The number of benzene rings is 1. The maximum Gasteiger partial charge on any atom is 0.251 e. The van der Waals surface area contributed by atoms with Crippen LogP contribution in [-0.2, 0) is 16.1 Å². The van der Waals surface area contributed by atoms with Gasteiger partial charge in [-0.25, -0.2) is 0 Å². The van der Waals surface area contributed by atoms with Crippen molar-refractivity contribution in [2.24, 2.45) is 4.99 Å². The van der Waals surface area contributed by atoms with Gasteiger partial charge in [-0.15, -0.1) is 24.0 Å². The van der Waals surface area contributed by atoms with Crippen molar-refractivity contribution < 1.29 is 9.53 Å². The Bertz CT molecular complexity index is 790. The molecule has 0 bridgehead atoms. The quantitative estimate of drug-likeness (QED) is 0.388. The molecule has 152 valence electrons. The number of halogens is 1. The lowest BCUT2D eigenvalue weighted by Gasteiger charge is -2.37. The van der Waals surface area contributed by atoms with Crippen molar-refractivity contribution in [3.63, 3.8) is 0 Å². The number of guanidine groups is 1. The van der Waals surface area contributed by atoms with Crippen molar-refractivity contribution in [3.05, 3.63) is 36.0 Å². The number of nitrogens with one attached hydrogen (secondary N) is 2. The Morgan fingerprint density at radius 2 is 2.00 bits per heavy atom. The molecule has 2 N–H and O–H groups in total. The third-order valence-corrected chi connectivity index (χ3v) is 5.33. The summed E-state index contributed by atoms with van der Waals surface area (Å²) >= 11 is 0. The number of aromatic amines is 1. The number of carbonyl (C=O) groups excluding carboxylic acids is 1. The number of piperazine rings is 1. The van der Waals surface area contributed by atoms with Gasteiger partial charge in [-0.3, -0.25) is 9.79 Å². The van der Waals surface area contributed by atoms with Crippen LogP contribution in [0.1, 0.15) is 18.5 Å². The summed E-state index contributed by atoms with van der Waals surface area (Å²) in [7, 11) is 1.80. The second-order valence-electron chi connectivity index (χ2n) is 7.10. The van der Waals surface area contributed by atoms with E-state index in [4.69, 9.17) is 4.74 Å². The zero-order valence-electron chi connectivity index (χ0n) is 16.2. The zero-order valence-corrected chi connectivity index (χ0v) is 18.5. The highest BCUT2D eigenvalue weighted by Gasteiger charge is 2.30. The Hall–Kier alpha value is -1.81. The number of nitrogens with zero attached hydrogens (tertiary/aromatic N) is 3. The molecular formula is C20H28IN5O2. The molecule has 7 nitrogen and oxygen atoms in total. The van der Waals surface area contributed by atoms with E-state index in [1.807, 2.05) is 17.0 Å². The second kappa shape index (κ2) is 9.60. The smallest absolute Gasteiger partial charge is 0.251 e. The molecule has 0 radical (unpaired) electrons. The van der Waals surface area contributed by atoms with E-state index < -0.39 is 0 Å². The van der Waals surface area contributed by atoms with Crippen LogP contribution < -0.4 is 5.32 Å². The van der Waals surface area contributed by atoms with E-state index in [2.05, 4.69) is 38.4 Å². The van der Waals surface area contributed by atoms with Crippen LogP contribution in [0.3, 0.4) is 0 Å². The van der Waals surface area contributed by atoms with Crippen LogP contribution in [0.25, 0.3) is 10.9 Å². The highest BCUT2D eigenvalue weighted by atomic mass is 127. The summed E-state index contributed by atoms with van der Waals surface area (Å²) in [6.45, 7) is 4.39. The largest absolute Gasteiger partial charge is 0.368 e. The summed E-state index contributed by atoms with van der Waals surface area (Å²) in [6.07, 6.45) is 1.61. The third kappa shape index (κ3) is 4.60. The predicted octanol–water partition coefficient (Wildman–Crippen LogP) is 2.18. The molecule has 2 saturated heterocycles. The van der Waals surface area contributed by atoms with Crippen molar-refractivity contribution in [1.29, 1.82) is 0 Å². The SMILES string of the molecule is CN=C(NCc1cc2ccccc2[nH]1)N1CCN(C(=O)C2CCCO2)CC1.I. The topological polar surface area (TPSA) is 73.0 Å². The minimum absolute atomic E-state index is 0. The molecule has 2 aromatic rings. The lowest BCUT2D eigenvalue weighted by molar-refractivity contribution is -0.142. The van der Waals surface area contributed by atoms with Gasteiger partial charge in [0.05, 0.1) is 6.54 Å². The number of hydrogen-bond acceptors (Lipinski definition) is 3. The summed E-state index contributed by atoms with van der Waals surface area (Å²) < 4.78 is 5.53. The predicted molar refractivity (Wildman–Crippen MR) is 121 cm³/mol. The van der Waals surface area contributed by atoms with Gasteiger partial charge in [-0.1, -0.05) is 18.2 Å². The molecule has 0 spiro atoms. The van der Waals surface area contributed by atoms with Crippen LogP contribution in [0.4, 0.5) is 0 Å². The molecular weight excluding hydrogens is 469 g/mol. The lowest BCUT2D eigenvalue weighted by atomic mass is 10.2. The summed E-state index contributed by atoms with van der Waals surface area (Å²) in [4.78, 5) is 24.5. The summed E-state index contributed by atoms with van der Waals surface area (Å²) in [5, 5.41) is 4.65. The fourth-order valence-corrected chi connectivity index (χ4v) is 3.85. The second-order valence-corrected chi connectivity index (χ2v) is 7.10. The van der Waals surface area contributed by atoms with Gasteiger partial charge in [0, 0.05) is 51.0 Å². The first-order valence-electron chi connectivity index (χ1n) is 9.67. The molecule has 1 atom stereocenters. The Labute approximate surface area is 182 Å². The Kier molecular flexibility index (Phi) is 7.17. The van der Waals surface area contributed by atoms with E-state index in [-0.39, 0.29) is 36.0 Å². The number of H-pyrrole nitrogens is 1. The summed E-state index contributed by atoms with van der Waals surface area (Å²) in [6, 6.07) is 10.4. The Morgan fingerprint density at radius 3 is 2.68 bits per heavy atom. The molecule has 0 saturated carbocycles. The normalized spacial score (nSPS) is 20.3. The van der Waals surface area contributed by atoms with Crippen LogP contribution in [-0.4, -0.2) is 72.6 Å². The fourth-order valence-electron chi connectivity index (χ4n) is 3.85. The number of hydrogen-bond donors (Lipinski definition) is 2. The first-order chi connectivity index (χ1) is 13.2. The van der Waals surface area contributed by atoms with Crippen LogP contribution in [0.5, 0.6) is 0 Å². The molecule has 8 heteroatoms. The van der Waals surface area contributed by atoms with E-state index >= 15 is 0 Å². The number of para-hydroxylation sites is 1. The number of aromatic nitrogens is 1. The number of amides is 1. The Morgan fingerprint density at radius 1 is 1.25 bits per heavy atom. The molecule has 2 fully saturated rings. The van der Waals surface area contributed by atoms with Gasteiger partial charge in [0.1, 0.15) is 6.10 Å². The van der Waals surface area contributed by atoms with Crippen molar-refractivity contribution in [2.45, 2.75) is 25.5 Å². The summed E-state index contributed by atoms with van der Waals surface area (Å²) in [5.74, 6) is 1.02. The lowest BCUT2D eigenvalue weighted by Crippen LogP contribution is -2.55. The third-order valence-electron chi connectivity index (χ3n) is 5.33. The molecule has 28 heavy (non-hydrogen) atoms. The van der Waals surface area contributed by atoms with E-state index in [1.165, 1.54) is 5.39 Å². The molecule has 1 aromatic heterocycles. The molecule has 4 rings (SSSR count). The van der Waals surface area contributed by atoms with Crippen LogP contribution in [0.2, 0.25) is 0 Å². The molecule has 3 heterocycles. The maximum atomic E-state index is 12.5. The van der Waals surface area contributed by atoms with Crippen LogP contribution in [0, 0.1) is 0 Å². The van der Waals surface area contributed by atoms with Gasteiger partial charge >= 0.3 is 0 Å². The van der Waals surface area contributed by atoms with Crippen molar-refractivity contribution in [3.8, 4) is 0 Å². The molecule has 1 unspecified atom stereocenters. The first-order valence-corrected chi connectivity index (χ1v) is 9.67. The Balaban J connectivity index is 0.00000225. The van der Waals surface area contributed by atoms with Gasteiger partial charge in [0.15, 0.2) is 5.96 Å². The van der Waals surface area contributed by atoms with Crippen molar-refractivity contribution >= 4 is 46.7 Å². The van der Waals surface area contributed by atoms with Gasteiger partial charge in [-0.05, 0) is 30.4 Å². The van der Waals surface area contributed by atoms with Gasteiger partial charge in [-0.2, -0.15) is 0 Å². The highest BCUT2D eigenvalue weighted by molar-refractivity contribution is 14.0. The fraction of sp³-hybridized carbons (Fsp3) is 0.500. The van der Waals surface area contributed by atoms with E-state index in [0.29, 0.717) is 26.2 Å². The maximum absolute atomic E-state index is 12.5. The first kappa shape index (κ1) is 20.9. The minimum Gasteiger partial charge on any atom is -0.368 e. The molecule has 1 aromatic carbocycles. The number of fused-ring (bicyclic) bond motifs is 1. The van der Waals surface area contributed by atoms with Gasteiger partial charge in [0.25, 0.3) is 5.91 Å². The van der Waals surface area contributed by atoms with Crippen molar-refractivity contribution in [2.75, 3.05) is 39.8 Å². The number of aliphatic imine (C=N–C) groups is 1. The average molecular weight is 497 g/mol. The zero-order chi connectivity index (χ0) is 18.6. The molecule has 2 aliphatic heterocycles. The number of ether oxygens (including phenoxy) is 1. The van der Waals surface area contributed by atoms with E-state index in [9.17, 15) is 4.79 Å². The van der Waals surface area contributed by atoms with Crippen LogP contribution in [0.15, 0.2) is 35.3 Å². The monoisotopic (exact) mass is 497 g/mol. The molecule has 1 amide bonds. The van der Waals surface area contributed by atoms with E-state index in [0.717, 1.165) is 43.1 Å². The van der Waals surface area contributed by atoms with E-state index in [1.54, 1.807) is 7.05 Å². The summed E-state index contributed by atoms with van der Waals surface area (Å²) in [5.41, 5.74) is 2.27. The highest BCUT2D eigenvalue weighted by Crippen LogP contribution is 2.17. The van der Waals surface area contributed by atoms with Gasteiger partial charge in [0.2, 0.25) is 0 Å². The minimum atomic E-state index is -0.226. The van der Waals surface area contributed by atoms with Crippen molar-refractivity contribution in [1.82, 2.24) is 20.1 Å².